The van der Waals surface area contributed by atoms with Gasteiger partial charge in [-0.2, -0.15) is 11.8 Å². The Morgan fingerprint density at radius 2 is 1.68 bits per heavy atom. The first-order valence-corrected chi connectivity index (χ1v) is 11.0. The highest BCUT2D eigenvalue weighted by molar-refractivity contribution is 7.99. The van der Waals surface area contributed by atoms with Crippen LogP contribution in [0.25, 0.3) is 0 Å². The molecule has 3 unspecified atom stereocenters. The second kappa shape index (κ2) is 13.3. The van der Waals surface area contributed by atoms with Crippen LogP contribution >= 0.6 is 11.8 Å². The molecule has 1 rings (SSSR count). The molecule has 1 N–H and O–H groups in total. The van der Waals surface area contributed by atoms with E-state index < -0.39 is 5.97 Å². The first kappa shape index (κ1) is 22.1. The Balaban J connectivity index is 2.43. The van der Waals surface area contributed by atoms with Crippen LogP contribution in [-0.2, 0) is 4.79 Å². The zero-order valence-electron chi connectivity index (χ0n) is 16.2. The molecule has 1 aromatic carbocycles. The Kier molecular flexibility index (Phi) is 11.7. The molecule has 0 saturated heterocycles. The van der Waals surface area contributed by atoms with E-state index in [0.717, 1.165) is 17.2 Å². The lowest BCUT2D eigenvalue weighted by atomic mass is 9.92. The van der Waals surface area contributed by atoms with Crippen molar-refractivity contribution in [2.24, 2.45) is 11.8 Å². The maximum absolute atomic E-state index is 11.5. The highest BCUT2D eigenvalue weighted by Gasteiger charge is 2.25. The zero-order chi connectivity index (χ0) is 18.5. The van der Waals surface area contributed by atoms with E-state index in [1.54, 1.807) is 0 Å². The molecule has 3 atom stereocenters. The van der Waals surface area contributed by atoms with Gasteiger partial charge in [0.1, 0.15) is 0 Å². The van der Waals surface area contributed by atoms with Crippen LogP contribution in [0.4, 0.5) is 0 Å². The standard InChI is InChI=1S/C22H36O2S/c1-4-6-13-19(12-5-2)14-10-11-17-25-21(18(3)22(23)24)20-15-8-7-9-16-20/h7-9,15-16,18-19,21H,4-6,10-14,17H2,1-3H3,(H,23,24). The quantitative estimate of drug-likeness (QED) is 0.363. The van der Waals surface area contributed by atoms with Crippen molar-refractivity contribution < 1.29 is 9.90 Å². The second-order valence-electron chi connectivity index (χ2n) is 7.12. The van der Waals surface area contributed by atoms with E-state index in [1.807, 2.05) is 36.9 Å². The average molecular weight is 365 g/mol. The molecule has 0 heterocycles. The fourth-order valence-corrected chi connectivity index (χ4v) is 4.76. The summed E-state index contributed by atoms with van der Waals surface area (Å²) in [7, 11) is 0. The molecule has 25 heavy (non-hydrogen) atoms. The molecular weight excluding hydrogens is 328 g/mol. The molecule has 0 aliphatic rings. The summed E-state index contributed by atoms with van der Waals surface area (Å²) in [6.45, 7) is 6.38. The molecule has 0 amide bonds. The second-order valence-corrected chi connectivity index (χ2v) is 8.37. The minimum absolute atomic E-state index is 0.0465. The largest absolute Gasteiger partial charge is 0.481 e. The van der Waals surface area contributed by atoms with Crippen molar-refractivity contribution >= 4 is 17.7 Å². The van der Waals surface area contributed by atoms with Crippen molar-refractivity contribution in [3.8, 4) is 0 Å². The minimum atomic E-state index is -0.705. The van der Waals surface area contributed by atoms with Crippen LogP contribution < -0.4 is 0 Å². The first-order chi connectivity index (χ1) is 12.1. The van der Waals surface area contributed by atoms with Gasteiger partial charge in [0.25, 0.3) is 0 Å². The third-order valence-electron chi connectivity index (χ3n) is 4.94. The van der Waals surface area contributed by atoms with Gasteiger partial charge < -0.3 is 5.11 Å². The monoisotopic (exact) mass is 364 g/mol. The molecule has 0 spiro atoms. The Labute approximate surface area is 158 Å². The van der Waals surface area contributed by atoms with Crippen LogP contribution in [0, 0.1) is 11.8 Å². The number of hydrogen-bond acceptors (Lipinski definition) is 2. The molecule has 3 heteroatoms. The van der Waals surface area contributed by atoms with E-state index in [4.69, 9.17) is 0 Å². The Hall–Kier alpha value is -0.960. The summed E-state index contributed by atoms with van der Waals surface area (Å²) in [5, 5.41) is 9.46. The summed E-state index contributed by atoms with van der Waals surface area (Å²) in [4.78, 5) is 11.5. The van der Waals surface area contributed by atoms with Gasteiger partial charge in [0, 0.05) is 5.25 Å². The van der Waals surface area contributed by atoms with Crippen LogP contribution in [0.1, 0.15) is 83.0 Å². The predicted octanol–water partition coefficient (Wildman–Crippen LogP) is 6.96. The summed E-state index contributed by atoms with van der Waals surface area (Å²) in [5.74, 6) is 0.871. The number of benzene rings is 1. The summed E-state index contributed by atoms with van der Waals surface area (Å²) >= 11 is 1.81. The van der Waals surface area contributed by atoms with Gasteiger partial charge in [0.2, 0.25) is 0 Å². The van der Waals surface area contributed by atoms with Gasteiger partial charge in [-0.15, -0.1) is 0 Å². The van der Waals surface area contributed by atoms with E-state index in [2.05, 4.69) is 26.0 Å². The molecule has 0 aliphatic carbocycles. The van der Waals surface area contributed by atoms with Gasteiger partial charge in [0.15, 0.2) is 0 Å². The molecule has 1 aromatic rings. The van der Waals surface area contributed by atoms with Crippen LogP contribution in [0.3, 0.4) is 0 Å². The van der Waals surface area contributed by atoms with Gasteiger partial charge in [-0.05, 0) is 23.7 Å². The average Bonchev–Trinajstić information content (AvgIpc) is 2.62. The van der Waals surface area contributed by atoms with E-state index in [-0.39, 0.29) is 11.2 Å². The lowest BCUT2D eigenvalue weighted by molar-refractivity contribution is -0.141. The minimum Gasteiger partial charge on any atom is -0.481 e. The molecule has 142 valence electrons. The van der Waals surface area contributed by atoms with Crippen molar-refractivity contribution in [1.29, 1.82) is 0 Å². The number of hydrogen-bond donors (Lipinski definition) is 1. The van der Waals surface area contributed by atoms with Gasteiger partial charge in [-0.3, -0.25) is 4.79 Å². The van der Waals surface area contributed by atoms with Crippen molar-refractivity contribution in [1.82, 2.24) is 0 Å². The molecule has 0 aromatic heterocycles. The Morgan fingerprint density at radius 1 is 1.00 bits per heavy atom. The molecular formula is C22H36O2S. The number of unbranched alkanes of at least 4 members (excludes halogenated alkanes) is 2. The maximum Gasteiger partial charge on any atom is 0.307 e. The van der Waals surface area contributed by atoms with E-state index in [1.165, 1.54) is 51.4 Å². The number of carboxylic acids is 1. The van der Waals surface area contributed by atoms with Gasteiger partial charge >= 0.3 is 5.97 Å². The van der Waals surface area contributed by atoms with Gasteiger partial charge in [-0.25, -0.2) is 0 Å². The topological polar surface area (TPSA) is 37.3 Å². The van der Waals surface area contributed by atoms with Crippen LogP contribution in [0.5, 0.6) is 0 Å². The lowest BCUT2D eigenvalue weighted by Gasteiger charge is -2.21. The molecule has 2 nitrogen and oxygen atoms in total. The zero-order valence-corrected chi connectivity index (χ0v) is 17.1. The lowest BCUT2D eigenvalue weighted by Crippen LogP contribution is -2.17. The molecule has 0 saturated carbocycles. The molecule has 0 radical (unpaired) electrons. The molecule has 0 bridgehead atoms. The fraction of sp³-hybridized carbons (Fsp3) is 0.682. The SMILES string of the molecule is CCCCC(CCC)CCCCSC(c1ccccc1)C(C)C(=O)O. The molecule has 0 aliphatic heterocycles. The van der Waals surface area contributed by atoms with Crippen molar-refractivity contribution in [2.45, 2.75) is 77.4 Å². The Morgan fingerprint density at radius 3 is 2.28 bits per heavy atom. The summed E-state index contributed by atoms with van der Waals surface area (Å²) < 4.78 is 0. The Bertz CT molecular complexity index is 460. The molecule has 0 fully saturated rings. The fourth-order valence-electron chi connectivity index (χ4n) is 3.38. The number of carboxylic acid groups (broad SMARTS) is 1. The van der Waals surface area contributed by atoms with Crippen molar-refractivity contribution in [3.63, 3.8) is 0 Å². The number of thioether (sulfide) groups is 1. The van der Waals surface area contributed by atoms with Crippen molar-refractivity contribution in [2.75, 3.05) is 5.75 Å². The third-order valence-corrected chi connectivity index (χ3v) is 6.50. The summed E-state index contributed by atoms with van der Waals surface area (Å²) in [5.41, 5.74) is 1.13. The highest BCUT2D eigenvalue weighted by atomic mass is 32.2. The van der Waals surface area contributed by atoms with Gasteiger partial charge in [-0.1, -0.05) is 96.0 Å². The van der Waals surface area contributed by atoms with Crippen LogP contribution in [-0.4, -0.2) is 16.8 Å². The van der Waals surface area contributed by atoms with Crippen molar-refractivity contribution in [3.05, 3.63) is 35.9 Å². The van der Waals surface area contributed by atoms with Gasteiger partial charge in [0.05, 0.1) is 5.92 Å². The number of carbonyl (C=O) groups is 1. The smallest absolute Gasteiger partial charge is 0.307 e. The van der Waals surface area contributed by atoms with E-state index in [9.17, 15) is 9.90 Å². The summed E-state index contributed by atoms with van der Waals surface area (Å²) in [6, 6.07) is 10.1. The normalized spacial score (nSPS) is 14.8. The maximum atomic E-state index is 11.5. The van der Waals surface area contributed by atoms with Crippen LogP contribution in [0.2, 0.25) is 0 Å². The van der Waals surface area contributed by atoms with Crippen LogP contribution in [0.15, 0.2) is 30.3 Å². The van der Waals surface area contributed by atoms with E-state index >= 15 is 0 Å². The predicted molar refractivity (Wildman–Crippen MR) is 110 cm³/mol. The number of rotatable bonds is 14. The third kappa shape index (κ3) is 8.80. The highest BCUT2D eigenvalue weighted by Crippen LogP contribution is 2.36. The first-order valence-electron chi connectivity index (χ1n) is 9.99. The number of aliphatic carboxylic acids is 1. The summed E-state index contributed by atoms with van der Waals surface area (Å²) in [6.07, 6.45) is 10.5. The van der Waals surface area contributed by atoms with E-state index in [0.29, 0.717) is 0 Å².